The van der Waals surface area contributed by atoms with Crippen LogP contribution in [0.15, 0.2) is 0 Å². The zero-order valence-electron chi connectivity index (χ0n) is 11.0. The molecule has 2 atom stereocenters. The molecular weight excluding hydrogens is 245 g/mol. The Hall–Kier alpha value is 1.10. The minimum absolute atomic E-state index is 0. The molecule has 0 amide bonds. The second-order valence-electron chi connectivity index (χ2n) is 4.17. The maximum atomic E-state index is 2.44. The molecule has 3 aliphatic rings. The molecule has 0 N–H and O–H groups in total. The molecular formula is C13H28Y. The van der Waals surface area contributed by atoms with Crippen LogP contribution < -0.4 is 0 Å². The largest absolute Gasteiger partial charge is 0.0683 e. The SMILES string of the molecule is CC.CC.CC1CC2CC(C2)C1C.[Y]. The summed E-state index contributed by atoms with van der Waals surface area (Å²) in [6.07, 6.45) is 4.65. The smallest absolute Gasteiger partial charge is 0 e. The molecule has 0 aromatic heterocycles. The Morgan fingerprint density at radius 2 is 1.21 bits per heavy atom. The Morgan fingerprint density at radius 3 is 1.43 bits per heavy atom. The maximum absolute atomic E-state index is 2.44. The fourth-order valence-electron chi connectivity index (χ4n) is 2.61. The fraction of sp³-hybridized carbons (Fsp3) is 1.00. The summed E-state index contributed by atoms with van der Waals surface area (Å²) in [5.41, 5.74) is 0. The number of rotatable bonds is 0. The molecule has 3 rings (SSSR count). The van der Waals surface area contributed by atoms with E-state index in [4.69, 9.17) is 0 Å². The number of hydrogen-bond donors (Lipinski definition) is 0. The third-order valence-electron chi connectivity index (χ3n) is 3.62. The van der Waals surface area contributed by atoms with Crippen LogP contribution in [0.3, 0.4) is 0 Å². The Balaban J connectivity index is 0. The Bertz CT molecular complexity index is 114. The molecule has 0 heterocycles. The molecule has 2 unspecified atom stereocenters. The molecule has 3 saturated carbocycles. The Morgan fingerprint density at radius 1 is 0.786 bits per heavy atom. The maximum Gasteiger partial charge on any atom is 0 e. The van der Waals surface area contributed by atoms with Crippen molar-refractivity contribution < 1.29 is 32.7 Å². The van der Waals surface area contributed by atoms with Crippen LogP contribution in [0.4, 0.5) is 0 Å². The molecule has 0 nitrogen and oxygen atoms in total. The number of fused-ring (bicyclic) bond motifs is 2. The molecule has 0 saturated heterocycles. The van der Waals surface area contributed by atoms with Gasteiger partial charge in [0.1, 0.15) is 0 Å². The molecule has 0 aromatic carbocycles. The third-order valence-corrected chi connectivity index (χ3v) is 3.62. The first-order chi connectivity index (χ1) is 6.27. The summed E-state index contributed by atoms with van der Waals surface area (Å²) >= 11 is 0. The van der Waals surface area contributed by atoms with Crippen LogP contribution in [0.5, 0.6) is 0 Å². The van der Waals surface area contributed by atoms with Gasteiger partial charge in [-0.05, 0) is 42.9 Å². The van der Waals surface area contributed by atoms with Crippen LogP contribution in [0, 0.1) is 23.7 Å². The van der Waals surface area contributed by atoms with Crippen molar-refractivity contribution in [2.75, 3.05) is 0 Å². The summed E-state index contributed by atoms with van der Waals surface area (Å²) in [7, 11) is 0. The second-order valence-corrected chi connectivity index (χ2v) is 4.17. The van der Waals surface area contributed by atoms with Gasteiger partial charge in [0.15, 0.2) is 0 Å². The van der Waals surface area contributed by atoms with Gasteiger partial charge in [0.05, 0.1) is 0 Å². The first-order valence-corrected chi connectivity index (χ1v) is 6.27. The van der Waals surface area contributed by atoms with Crippen LogP contribution in [0.1, 0.15) is 60.8 Å². The van der Waals surface area contributed by atoms with Gasteiger partial charge in [-0.25, -0.2) is 0 Å². The predicted molar refractivity (Wildman–Crippen MR) is 61.9 cm³/mol. The van der Waals surface area contributed by atoms with Gasteiger partial charge in [-0.2, -0.15) is 0 Å². The topological polar surface area (TPSA) is 0 Å². The van der Waals surface area contributed by atoms with Crippen LogP contribution in [0.2, 0.25) is 0 Å². The van der Waals surface area contributed by atoms with Crippen molar-refractivity contribution in [2.24, 2.45) is 23.7 Å². The van der Waals surface area contributed by atoms with Crippen LogP contribution in [-0.4, -0.2) is 0 Å². The van der Waals surface area contributed by atoms with Gasteiger partial charge in [-0.3, -0.25) is 0 Å². The van der Waals surface area contributed by atoms with E-state index in [1.165, 1.54) is 6.42 Å². The third kappa shape index (κ3) is 4.31. The molecule has 0 spiro atoms. The summed E-state index contributed by atoms with van der Waals surface area (Å²) < 4.78 is 0. The summed E-state index contributed by atoms with van der Waals surface area (Å²) in [5, 5.41) is 0. The van der Waals surface area contributed by atoms with E-state index in [0.29, 0.717) is 0 Å². The first kappa shape index (κ1) is 17.5. The van der Waals surface area contributed by atoms with E-state index in [1.807, 2.05) is 27.7 Å². The van der Waals surface area contributed by atoms with Gasteiger partial charge >= 0.3 is 0 Å². The van der Waals surface area contributed by atoms with Gasteiger partial charge in [-0.15, -0.1) is 0 Å². The van der Waals surface area contributed by atoms with Gasteiger partial charge in [-0.1, -0.05) is 41.5 Å². The Kier molecular flexibility index (Phi) is 11.7. The van der Waals surface area contributed by atoms with E-state index in [2.05, 4.69) is 13.8 Å². The van der Waals surface area contributed by atoms with Crippen molar-refractivity contribution in [1.82, 2.24) is 0 Å². The average Bonchev–Trinajstić information content (AvgIpc) is 2.14. The van der Waals surface area contributed by atoms with Gasteiger partial charge in [0, 0.05) is 32.7 Å². The van der Waals surface area contributed by atoms with E-state index in [9.17, 15) is 0 Å². The van der Waals surface area contributed by atoms with Crippen molar-refractivity contribution in [1.29, 1.82) is 0 Å². The summed E-state index contributed by atoms with van der Waals surface area (Å²) in [5.74, 6) is 4.33. The minimum atomic E-state index is 0. The molecule has 3 fully saturated rings. The summed E-state index contributed by atoms with van der Waals surface area (Å²) in [4.78, 5) is 0. The standard InChI is InChI=1S/C9H16.2C2H6.Y/c1-6-3-8-4-9(5-8)7(6)2;2*1-2;/h6-9H,3-5H2,1-2H3;2*1-2H3;. The fourth-order valence-corrected chi connectivity index (χ4v) is 2.61. The quantitative estimate of drug-likeness (QED) is 0.598. The summed E-state index contributed by atoms with van der Waals surface area (Å²) in [6, 6.07) is 0. The molecule has 0 aliphatic heterocycles. The molecule has 3 aliphatic carbocycles. The molecule has 2 bridgehead atoms. The molecule has 1 heteroatoms. The van der Waals surface area contributed by atoms with Crippen molar-refractivity contribution >= 4 is 0 Å². The molecule has 83 valence electrons. The second kappa shape index (κ2) is 9.34. The van der Waals surface area contributed by atoms with Gasteiger partial charge < -0.3 is 0 Å². The molecule has 0 aromatic rings. The zero-order valence-corrected chi connectivity index (χ0v) is 13.8. The van der Waals surface area contributed by atoms with E-state index in [0.717, 1.165) is 23.7 Å². The van der Waals surface area contributed by atoms with Crippen molar-refractivity contribution in [3.8, 4) is 0 Å². The van der Waals surface area contributed by atoms with Gasteiger partial charge in [0.25, 0.3) is 0 Å². The summed E-state index contributed by atoms with van der Waals surface area (Å²) in [6.45, 7) is 12.9. The minimum Gasteiger partial charge on any atom is -0.0683 e. The average molecular weight is 273 g/mol. The van der Waals surface area contributed by atoms with Crippen molar-refractivity contribution in [3.63, 3.8) is 0 Å². The normalized spacial score (nSPS) is 37.3. The van der Waals surface area contributed by atoms with Crippen LogP contribution in [-0.2, 0) is 32.7 Å². The van der Waals surface area contributed by atoms with Crippen molar-refractivity contribution in [2.45, 2.75) is 60.8 Å². The van der Waals surface area contributed by atoms with E-state index < -0.39 is 0 Å². The van der Waals surface area contributed by atoms with E-state index in [1.54, 1.807) is 12.8 Å². The van der Waals surface area contributed by atoms with Crippen LogP contribution in [0.25, 0.3) is 0 Å². The Labute approximate surface area is 117 Å². The van der Waals surface area contributed by atoms with E-state index >= 15 is 0 Å². The van der Waals surface area contributed by atoms with Gasteiger partial charge in [0.2, 0.25) is 0 Å². The first-order valence-electron chi connectivity index (χ1n) is 6.27. The van der Waals surface area contributed by atoms with E-state index in [-0.39, 0.29) is 32.7 Å². The molecule has 1 radical (unpaired) electrons. The monoisotopic (exact) mass is 273 g/mol. The molecule has 14 heavy (non-hydrogen) atoms. The number of hydrogen-bond acceptors (Lipinski definition) is 0. The van der Waals surface area contributed by atoms with Crippen LogP contribution >= 0.6 is 0 Å². The van der Waals surface area contributed by atoms with Crippen molar-refractivity contribution in [3.05, 3.63) is 0 Å². The zero-order chi connectivity index (χ0) is 10.4. The predicted octanol–water partition coefficient (Wildman–Crippen LogP) is 4.74.